The van der Waals surface area contributed by atoms with Gasteiger partial charge in [-0.25, -0.2) is 4.39 Å². The van der Waals surface area contributed by atoms with Crippen LogP contribution >= 0.6 is 0 Å². The number of esters is 1. The smallest absolute Gasteiger partial charge is 0.323 e. The third kappa shape index (κ3) is 5.37. The van der Waals surface area contributed by atoms with Crippen LogP contribution in [-0.4, -0.2) is 36.7 Å². The molecule has 0 heterocycles. The second-order valence-electron chi connectivity index (χ2n) is 3.85. The number of halogens is 1. The highest BCUT2D eigenvalue weighted by atomic mass is 19.1. The maximum Gasteiger partial charge on any atom is 0.323 e. The second-order valence-corrected chi connectivity index (χ2v) is 3.85. The van der Waals surface area contributed by atoms with E-state index in [1.54, 1.807) is 13.0 Å². The minimum Gasteiger partial charge on any atom is -0.480 e. The van der Waals surface area contributed by atoms with Gasteiger partial charge < -0.3 is 14.7 Å². The molecule has 0 fully saturated rings. The molecule has 104 valence electrons. The first-order valence-electron chi connectivity index (χ1n) is 5.91. The van der Waals surface area contributed by atoms with Gasteiger partial charge in [-0.15, -0.1) is 0 Å². The quantitative estimate of drug-likeness (QED) is 0.763. The molecule has 0 spiro atoms. The van der Waals surface area contributed by atoms with E-state index in [1.165, 1.54) is 23.1 Å². The van der Waals surface area contributed by atoms with Crippen LogP contribution in [0.2, 0.25) is 0 Å². The van der Waals surface area contributed by atoms with E-state index < -0.39 is 17.8 Å². The van der Waals surface area contributed by atoms with Crippen LogP contribution < -0.4 is 4.90 Å². The average Bonchev–Trinajstić information content (AvgIpc) is 2.34. The molecule has 19 heavy (non-hydrogen) atoms. The number of hydrogen-bond donors (Lipinski definition) is 1. The van der Waals surface area contributed by atoms with Crippen LogP contribution in [0, 0.1) is 5.82 Å². The first-order valence-corrected chi connectivity index (χ1v) is 5.91. The number of nitrogens with zero attached hydrogens (tertiary/aromatic N) is 1. The van der Waals surface area contributed by atoms with E-state index >= 15 is 0 Å². The monoisotopic (exact) mass is 269 g/mol. The largest absolute Gasteiger partial charge is 0.480 e. The van der Waals surface area contributed by atoms with Gasteiger partial charge in [-0.1, -0.05) is 6.07 Å². The Morgan fingerprint density at radius 1 is 1.42 bits per heavy atom. The van der Waals surface area contributed by atoms with Crippen molar-refractivity contribution in [3.8, 4) is 0 Å². The Kier molecular flexibility index (Phi) is 5.78. The fourth-order valence-electron chi connectivity index (χ4n) is 1.59. The summed E-state index contributed by atoms with van der Waals surface area (Å²) in [6.07, 6.45) is 0.0532. The SMILES string of the molecule is CCOC(=O)CCN(CC(=O)O)c1cccc(F)c1. The van der Waals surface area contributed by atoms with E-state index in [4.69, 9.17) is 9.84 Å². The van der Waals surface area contributed by atoms with Gasteiger partial charge >= 0.3 is 11.9 Å². The number of rotatable bonds is 7. The molecular weight excluding hydrogens is 253 g/mol. The molecule has 0 amide bonds. The first-order chi connectivity index (χ1) is 9.02. The Hall–Kier alpha value is -2.11. The molecule has 0 saturated heterocycles. The van der Waals surface area contributed by atoms with E-state index in [1.807, 2.05) is 0 Å². The zero-order chi connectivity index (χ0) is 14.3. The predicted molar refractivity (Wildman–Crippen MR) is 67.5 cm³/mol. The summed E-state index contributed by atoms with van der Waals surface area (Å²) in [6.45, 7) is 1.83. The zero-order valence-corrected chi connectivity index (χ0v) is 10.6. The van der Waals surface area contributed by atoms with Gasteiger partial charge in [0.05, 0.1) is 13.0 Å². The minimum absolute atomic E-state index is 0.0532. The molecule has 0 atom stereocenters. The number of aliphatic carboxylic acids is 1. The highest BCUT2D eigenvalue weighted by molar-refractivity contribution is 5.75. The molecule has 0 aromatic heterocycles. The lowest BCUT2D eigenvalue weighted by atomic mass is 10.2. The molecule has 0 aliphatic carbocycles. The number of benzene rings is 1. The van der Waals surface area contributed by atoms with Gasteiger partial charge in [-0.2, -0.15) is 0 Å². The fourth-order valence-corrected chi connectivity index (χ4v) is 1.59. The molecule has 1 rings (SSSR count). The maximum atomic E-state index is 13.1. The highest BCUT2D eigenvalue weighted by Crippen LogP contribution is 2.15. The summed E-state index contributed by atoms with van der Waals surface area (Å²) in [4.78, 5) is 23.5. The van der Waals surface area contributed by atoms with Crippen molar-refractivity contribution in [3.05, 3.63) is 30.1 Å². The molecular formula is C13H16FNO4. The van der Waals surface area contributed by atoms with Crippen LogP contribution in [0.4, 0.5) is 10.1 Å². The summed E-state index contributed by atoms with van der Waals surface area (Å²) in [5, 5.41) is 8.83. The normalized spacial score (nSPS) is 10.0. The number of carbonyl (C=O) groups excluding carboxylic acids is 1. The summed E-state index contributed by atoms with van der Waals surface area (Å²) < 4.78 is 17.9. The molecule has 1 aromatic carbocycles. The van der Waals surface area contributed by atoms with E-state index in [0.29, 0.717) is 5.69 Å². The number of anilines is 1. The first kappa shape index (κ1) is 14.9. The van der Waals surface area contributed by atoms with Crippen LogP contribution in [0.25, 0.3) is 0 Å². The molecule has 6 heteroatoms. The number of ether oxygens (including phenoxy) is 1. The molecule has 1 N–H and O–H groups in total. The second kappa shape index (κ2) is 7.35. The molecule has 0 unspecified atom stereocenters. The molecule has 0 radical (unpaired) electrons. The van der Waals surface area contributed by atoms with Crippen molar-refractivity contribution >= 4 is 17.6 Å². The van der Waals surface area contributed by atoms with Crippen molar-refractivity contribution in [1.29, 1.82) is 0 Å². The topological polar surface area (TPSA) is 66.8 Å². The van der Waals surface area contributed by atoms with Crippen molar-refractivity contribution in [2.24, 2.45) is 0 Å². The van der Waals surface area contributed by atoms with Gasteiger partial charge in [-0.3, -0.25) is 9.59 Å². The highest BCUT2D eigenvalue weighted by Gasteiger charge is 2.13. The maximum absolute atomic E-state index is 13.1. The van der Waals surface area contributed by atoms with Gasteiger partial charge in [0, 0.05) is 12.2 Å². The molecule has 0 aliphatic heterocycles. The van der Waals surface area contributed by atoms with E-state index in [9.17, 15) is 14.0 Å². The Morgan fingerprint density at radius 2 is 2.16 bits per heavy atom. The van der Waals surface area contributed by atoms with Crippen LogP contribution in [0.15, 0.2) is 24.3 Å². The van der Waals surface area contributed by atoms with Gasteiger partial charge in [0.25, 0.3) is 0 Å². The standard InChI is InChI=1S/C13H16FNO4/c1-2-19-13(18)6-7-15(9-12(16)17)11-5-3-4-10(14)8-11/h3-5,8H,2,6-7,9H2,1H3,(H,16,17). The Morgan fingerprint density at radius 3 is 2.74 bits per heavy atom. The van der Waals surface area contributed by atoms with Crippen molar-refractivity contribution in [1.82, 2.24) is 0 Å². The molecule has 0 aliphatic rings. The van der Waals surface area contributed by atoms with Crippen LogP contribution in [0.3, 0.4) is 0 Å². The fraction of sp³-hybridized carbons (Fsp3) is 0.385. The lowest BCUT2D eigenvalue weighted by molar-refractivity contribution is -0.143. The number of carboxylic acid groups (broad SMARTS) is 1. The van der Waals surface area contributed by atoms with Gasteiger partial charge in [0.15, 0.2) is 0 Å². The summed E-state index contributed by atoms with van der Waals surface area (Å²) in [7, 11) is 0. The summed E-state index contributed by atoms with van der Waals surface area (Å²) >= 11 is 0. The molecule has 0 saturated carbocycles. The zero-order valence-electron chi connectivity index (χ0n) is 10.6. The molecule has 0 bridgehead atoms. The third-order valence-electron chi connectivity index (χ3n) is 2.39. The summed E-state index contributed by atoms with van der Waals surface area (Å²) in [5.74, 6) is -1.91. The summed E-state index contributed by atoms with van der Waals surface area (Å²) in [6, 6.07) is 5.59. The summed E-state index contributed by atoms with van der Waals surface area (Å²) in [5.41, 5.74) is 0.423. The van der Waals surface area contributed by atoms with Gasteiger partial charge in [0.1, 0.15) is 12.4 Å². The Bertz CT molecular complexity index is 450. The van der Waals surface area contributed by atoms with E-state index in [2.05, 4.69) is 0 Å². The third-order valence-corrected chi connectivity index (χ3v) is 2.39. The molecule has 5 nitrogen and oxygen atoms in total. The Balaban J connectivity index is 2.72. The van der Waals surface area contributed by atoms with E-state index in [0.717, 1.165) is 0 Å². The van der Waals surface area contributed by atoms with Crippen LogP contribution in [0.1, 0.15) is 13.3 Å². The van der Waals surface area contributed by atoms with Crippen molar-refractivity contribution in [2.45, 2.75) is 13.3 Å². The minimum atomic E-state index is -1.05. The average molecular weight is 269 g/mol. The van der Waals surface area contributed by atoms with Crippen LogP contribution in [-0.2, 0) is 14.3 Å². The Labute approximate surface area is 110 Å². The van der Waals surface area contributed by atoms with Crippen molar-refractivity contribution in [3.63, 3.8) is 0 Å². The van der Waals surface area contributed by atoms with E-state index in [-0.39, 0.29) is 26.1 Å². The number of hydrogen-bond acceptors (Lipinski definition) is 4. The number of carboxylic acids is 1. The molecule has 1 aromatic rings. The lowest BCUT2D eigenvalue weighted by Crippen LogP contribution is -2.32. The van der Waals surface area contributed by atoms with Crippen molar-refractivity contribution < 1.29 is 23.8 Å². The van der Waals surface area contributed by atoms with Crippen molar-refractivity contribution in [2.75, 3.05) is 24.6 Å². The predicted octanol–water partition coefficient (Wildman–Crippen LogP) is 1.67. The lowest BCUT2D eigenvalue weighted by Gasteiger charge is -2.22. The number of carbonyl (C=O) groups is 2. The van der Waals surface area contributed by atoms with Crippen LogP contribution in [0.5, 0.6) is 0 Å². The van der Waals surface area contributed by atoms with Gasteiger partial charge in [0.2, 0.25) is 0 Å². The van der Waals surface area contributed by atoms with Gasteiger partial charge in [-0.05, 0) is 25.1 Å².